The standard InChI is InChI=1S/C30H40F3N5O6/c1-29(2,3)44-27(40)36(4)14-15-37(20-25-23(30(31,32)33)9-7-12-34-25)26(39)18-35-24-10-6-8-21-19-38(13-11-22(21)24)28(41)43-17-16-42-5/h6-10,12,35H,11,13-20H2,1-5H3. The summed E-state index contributed by atoms with van der Waals surface area (Å²) in [7, 11) is 3.01. The Bertz CT molecular complexity index is 1300. The number of nitrogens with zero attached hydrogens (tertiary/aromatic N) is 4. The lowest BCUT2D eigenvalue weighted by Crippen LogP contribution is -2.43. The number of aromatic nitrogens is 1. The maximum absolute atomic E-state index is 13.7. The number of likely N-dealkylation sites (N-methyl/N-ethyl adjacent to an activating group) is 1. The molecule has 242 valence electrons. The van der Waals surface area contributed by atoms with Crippen molar-refractivity contribution >= 4 is 23.8 Å². The zero-order valence-electron chi connectivity index (χ0n) is 25.7. The van der Waals surface area contributed by atoms with Crippen LogP contribution in [0.4, 0.5) is 28.4 Å². The number of carbonyl (C=O) groups excluding carboxylic acids is 3. The van der Waals surface area contributed by atoms with Crippen LogP contribution < -0.4 is 5.32 Å². The number of nitrogens with one attached hydrogen (secondary N) is 1. The van der Waals surface area contributed by atoms with E-state index >= 15 is 0 Å². The Morgan fingerprint density at radius 2 is 1.82 bits per heavy atom. The highest BCUT2D eigenvalue weighted by molar-refractivity contribution is 5.81. The summed E-state index contributed by atoms with van der Waals surface area (Å²) in [6.07, 6.45) is -3.97. The van der Waals surface area contributed by atoms with Gasteiger partial charge in [0, 0.05) is 52.2 Å². The topological polar surface area (TPSA) is 114 Å². The van der Waals surface area contributed by atoms with Gasteiger partial charge in [0.25, 0.3) is 0 Å². The van der Waals surface area contributed by atoms with Crippen molar-refractivity contribution in [3.8, 4) is 0 Å². The zero-order chi connectivity index (χ0) is 32.5. The van der Waals surface area contributed by atoms with Crippen molar-refractivity contribution in [3.05, 3.63) is 58.9 Å². The van der Waals surface area contributed by atoms with Crippen LogP contribution in [0.15, 0.2) is 36.5 Å². The fourth-order valence-electron chi connectivity index (χ4n) is 4.51. The Morgan fingerprint density at radius 1 is 1.07 bits per heavy atom. The molecular formula is C30H40F3N5O6. The number of carbonyl (C=O) groups is 3. The van der Waals surface area contributed by atoms with Gasteiger partial charge in [-0.2, -0.15) is 13.2 Å². The van der Waals surface area contributed by atoms with Crippen LogP contribution in [0.5, 0.6) is 0 Å². The summed E-state index contributed by atoms with van der Waals surface area (Å²) in [6.45, 7) is 5.66. The van der Waals surface area contributed by atoms with Crippen molar-refractivity contribution < 1.29 is 41.8 Å². The summed E-state index contributed by atoms with van der Waals surface area (Å²) < 4.78 is 56.6. The van der Waals surface area contributed by atoms with Gasteiger partial charge in [-0.15, -0.1) is 0 Å². The lowest BCUT2D eigenvalue weighted by Gasteiger charge is -2.30. The van der Waals surface area contributed by atoms with Crippen LogP contribution in [0.2, 0.25) is 0 Å². The molecule has 0 spiro atoms. The highest BCUT2D eigenvalue weighted by Gasteiger charge is 2.35. The average molecular weight is 624 g/mol. The molecule has 1 aromatic heterocycles. The fourth-order valence-corrected chi connectivity index (χ4v) is 4.51. The molecule has 2 heterocycles. The van der Waals surface area contributed by atoms with Gasteiger partial charge in [0.2, 0.25) is 5.91 Å². The minimum atomic E-state index is -4.66. The van der Waals surface area contributed by atoms with Gasteiger partial charge in [-0.1, -0.05) is 12.1 Å². The Labute approximate surface area is 255 Å². The second kappa shape index (κ2) is 15.1. The van der Waals surface area contributed by atoms with Gasteiger partial charge in [-0.25, -0.2) is 9.59 Å². The molecule has 0 saturated carbocycles. The predicted molar refractivity (Wildman–Crippen MR) is 156 cm³/mol. The molecule has 14 heteroatoms. The highest BCUT2D eigenvalue weighted by Crippen LogP contribution is 2.31. The van der Waals surface area contributed by atoms with E-state index in [2.05, 4.69) is 10.3 Å². The molecule has 0 bridgehead atoms. The number of amides is 3. The van der Waals surface area contributed by atoms with Gasteiger partial charge in [-0.3, -0.25) is 9.78 Å². The largest absolute Gasteiger partial charge is 0.447 e. The van der Waals surface area contributed by atoms with E-state index in [0.717, 1.165) is 17.2 Å². The first-order valence-corrected chi connectivity index (χ1v) is 14.2. The number of halogens is 3. The minimum Gasteiger partial charge on any atom is -0.447 e. The van der Waals surface area contributed by atoms with Gasteiger partial charge in [-0.05, 0) is 56.5 Å². The van der Waals surface area contributed by atoms with Gasteiger partial charge in [0.15, 0.2) is 0 Å². The molecule has 44 heavy (non-hydrogen) atoms. The van der Waals surface area contributed by atoms with Gasteiger partial charge < -0.3 is 34.2 Å². The Kier molecular flexibility index (Phi) is 11.8. The third-order valence-electron chi connectivity index (χ3n) is 6.77. The molecule has 1 aliphatic heterocycles. The summed E-state index contributed by atoms with van der Waals surface area (Å²) in [5.41, 5.74) is 0.522. The summed E-state index contributed by atoms with van der Waals surface area (Å²) >= 11 is 0. The SMILES string of the molecule is COCCOC(=O)N1CCc2c(cccc2NCC(=O)N(CCN(C)C(=O)OC(C)(C)C)Cc2ncccc2C(F)(F)F)C1. The maximum Gasteiger partial charge on any atom is 0.418 e. The van der Waals surface area contributed by atoms with Crippen LogP contribution in [0.25, 0.3) is 0 Å². The Balaban J connectivity index is 1.73. The molecule has 11 nitrogen and oxygen atoms in total. The van der Waals surface area contributed by atoms with Crippen molar-refractivity contribution in [1.82, 2.24) is 19.7 Å². The number of ether oxygens (including phenoxy) is 3. The van der Waals surface area contributed by atoms with Crippen LogP contribution in [-0.2, 0) is 44.7 Å². The van der Waals surface area contributed by atoms with Crippen LogP contribution in [-0.4, -0.2) is 96.9 Å². The molecule has 0 saturated heterocycles. The van der Waals surface area contributed by atoms with Gasteiger partial charge in [0.05, 0.1) is 31.0 Å². The van der Waals surface area contributed by atoms with Crippen molar-refractivity contribution in [1.29, 1.82) is 0 Å². The predicted octanol–water partition coefficient (Wildman–Crippen LogP) is 4.55. The molecule has 1 aromatic carbocycles. The summed E-state index contributed by atoms with van der Waals surface area (Å²) in [5.74, 6) is -0.488. The smallest absolute Gasteiger partial charge is 0.418 e. The number of fused-ring (bicyclic) bond motifs is 1. The van der Waals surface area contributed by atoms with E-state index in [4.69, 9.17) is 14.2 Å². The molecule has 0 atom stereocenters. The Hall–Kier alpha value is -4.07. The third kappa shape index (κ3) is 10.00. The average Bonchev–Trinajstić information content (AvgIpc) is 2.96. The van der Waals surface area contributed by atoms with Crippen LogP contribution in [0, 0.1) is 0 Å². The fraction of sp³-hybridized carbons (Fsp3) is 0.533. The van der Waals surface area contributed by atoms with Crippen molar-refractivity contribution in [2.45, 2.75) is 52.1 Å². The number of alkyl halides is 3. The van der Waals surface area contributed by atoms with Gasteiger partial charge >= 0.3 is 18.4 Å². The third-order valence-corrected chi connectivity index (χ3v) is 6.77. The van der Waals surface area contributed by atoms with E-state index in [1.807, 2.05) is 6.07 Å². The van der Waals surface area contributed by atoms with Gasteiger partial charge in [0.1, 0.15) is 12.2 Å². The molecule has 3 amide bonds. The molecule has 0 aliphatic carbocycles. The minimum absolute atomic E-state index is 0.0197. The number of anilines is 1. The van der Waals surface area contributed by atoms with E-state index in [1.165, 1.54) is 36.2 Å². The van der Waals surface area contributed by atoms with E-state index < -0.39 is 42.0 Å². The summed E-state index contributed by atoms with van der Waals surface area (Å²) in [4.78, 5) is 46.3. The number of rotatable bonds is 11. The second-order valence-electron chi connectivity index (χ2n) is 11.3. The molecule has 0 fully saturated rings. The molecular weight excluding hydrogens is 583 g/mol. The lowest BCUT2D eigenvalue weighted by molar-refractivity contribution is -0.140. The lowest BCUT2D eigenvalue weighted by atomic mass is 9.98. The molecule has 2 aromatic rings. The van der Waals surface area contributed by atoms with E-state index in [0.29, 0.717) is 31.8 Å². The number of methoxy groups -OCH3 is 1. The van der Waals surface area contributed by atoms with E-state index in [-0.39, 0.29) is 31.9 Å². The molecule has 0 unspecified atom stereocenters. The monoisotopic (exact) mass is 623 g/mol. The summed E-state index contributed by atoms with van der Waals surface area (Å²) in [6, 6.07) is 7.59. The Morgan fingerprint density at radius 3 is 2.50 bits per heavy atom. The molecule has 0 radical (unpaired) electrons. The van der Waals surface area contributed by atoms with Crippen LogP contribution >= 0.6 is 0 Å². The van der Waals surface area contributed by atoms with E-state index in [1.54, 1.807) is 37.8 Å². The first-order chi connectivity index (χ1) is 20.7. The van der Waals surface area contributed by atoms with Crippen molar-refractivity contribution in [2.24, 2.45) is 0 Å². The van der Waals surface area contributed by atoms with Crippen molar-refractivity contribution in [3.63, 3.8) is 0 Å². The van der Waals surface area contributed by atoms with E-state index in [9.17, 15) is 27.6 Å². The maximum atomic E-state index is 13.7. The quantitative estimate of drug-likeness (QED) is 0.363. The first kappa shape index (κ1) is 34.4. The van der Waals surface area contributed by atoms with Crippen LogP contribution in [0.3, 0.4) is 0 Å². The second-order valence-corrected chi connectivity index (χ2v) is 11.3. The molecule has 1 aliphatic rings. The molecule has 1 N–H and O–H groups in total. The number of hydrogen-bond donors (Lipinski definition) is 1. The zero-order valence-corrected chi connectivity index (χ0v) is 25.7. The highest BCUT2D eigenvalue weighted by atomic mass is 19.4. The first-order valence-electron chi connectivity index (χ1n) is 14.2. The summed E-state index contributed by atoms with van der Waals surface area (Å²) in [5, 5.41) is 3.12. The molecule has 3 rings (SSSR count). The normalized spacial score (nSPS) is 13.1. The van der Waals surface area contributed by atoms with Crippen molar-refractivity contribution in [2.75, 3.05) is 58.9 Å². The van der Waals surface area contributed by atoms with Crippen LogP contribution in [0.1, 0.15) is 43.2 Å². The number of pyridine rings is 1. The number of hydrogen-bond acceptors (Lipinski definition) is 8. The number of benzene rings is 1.